The molecule has 0 saturated heterocycles. The van der Waals surface area contributed by atoms with E-state index in [1.54, 1.807) is 12.1 Å². The molecule has 0 aliphatic carbocycles. The van der Waals surface area contributed by atoms with E-state index in [1.807, 2.05) is 45.0 Å². The molecule has 5 heteroatoms. The molecule has 2 rings (SSSR count). The first-order valence-electron chi connectivity index (χ1n) is 8.12. The summed E-state index contributed by atoms with van der Waals surface area (Å²) in [5.74, 6) is -0.0539. The molecule has 0 bridgehead atoms. The smallest absolute Gasteiger partial charge is 0.251 e. The van der Waals surface area contributed by atoms with Crippen molar-refractivity contribution in [2.45, 2.75) is 33.2 Å². The van der Waals surface area contributed by atoms with Crippen LogP contribution in [0.3, 0.4) is 0 Å². The van der Waals surface area contributed by atoms with Gasteiger partial charge in [0.15, 0.2) is 5.78 Å². The molecule has 1 aromatic carbocycles. The third kappa shape index (κ3) is 4.30. The Labute approximate surface area is 146 Å². The van der Waals surface area contributed by atoms with E-state index in [-0.39, 0.29) is 30.3 Å². The predicted octanol–water partition coefficient (Wildman–Crippen LogP) is 3.75. The van der Waals surface area contributed by atoms with Gasteiger partial charge in [0.1, 0.15) is 0 Å². The van der Waals surface area contributed by atoms with Crippen molar-refractivity contribution in [3.8, 4) is 10.4 Å². The molecule has 0 radical (unpaired) electrons. The van der Waals surface area contributed by atoms with Crippen LogP contribution in [0.25, 0.3) is 10.4 Å². The lowest BCUT2D eigenvalue weighted by Gasteiger charge is -2.14. The third-order valence-corrected chi connectivity index (χ3v) is 5.00. The van der Waals surface area contributed by atoms with Gasteiger partial charge in [-0.05, 0) is 36.2 Å². The number of nitrogens with one attached hydrogen (secondary N) is 1. The highest BCUT2D eigenvalue weighted by atomic mass is 32.1. The number of benzene rings is 1. The molecule has 0 unspecified atom stereocenters. The molecule has 1 heterocycles. The summed E-state index contributed by atoms with van der Waals surface area (Å²) < 4.78 is 0. The number of Topliss-reactive ketones (excluding diaryl/α,β-unsaturated/α-hetero) is 1. The van der Waals surface area contributed by atoms with Gasteiger partial charge in [-0.2, -0.15) is 0 Å². The minimum absolute atomic E-state index is 0.0133. The molecule has 1 aromatic heterocycles. The quantitative estimate of drug-likeness (QED) is 0.751. The Morgan fingerprint density at radius 2 is 1.79 bits per heavy atom. The zero-order chi connectivity index (χ0) is 17.7. The lowest BCUT2D eigenvalue weighted by atomic mass is 10.1. The summed E-state index contributed by atoms with van der Waals surface area (Å²) in [5, 5.41) is 12.0. The summed E-state index contributed by atoms with van der Waals surface area (Å²) >= 11 is 1.47. The number of rotatable bonds is 7. The Kier molecular flexibility index (Phi) is 6.29. The molecule has 0 aliphatic rings. The van der Waals surface area contributed by atoms with E-state index in [1.165, 1.54) is 11.3 Å². The molecular weight excluding hydrogens is 322 g/mol. The van der Waals surface area contributed by atoms with Gasteiger partial charge < -0.3 is 10.4 Å². The maximum atomic E-state index is 12.1. The number of aliphatic hydroxyl groups is 1. The van der Waals surface area contributed by atoms with Gasteiger partial charge in [0, 0.05) is 16.4 Å². The van der Waals surface area contributed by atoms with E-state index in [0.717, 1.165) is 15.3 Å². The minimum Gasteiger partial charge on any atom is -0.394 e. The van der Waals surface area contributed by atoms with Crippen LogP contribution in [-0.2, 0) is 0 Å². The summed E-state index contributed by atoms with van der Waals surface area (Å²) in [6.45, 7) is 5.63. The first-order valence-corrected chi connectivity index (χ1v) is 8.94. The van der Waals surface area contributed by atoms with Crippen LogP contribution < -0.4 is 5.32 Å². The molecule has 1 amide bonds. The standard InChI is InChI=1S/C19H23NO3S/c1-4-15(11-21)20-19(23)14-7-5-13(6-8-14)16-9-10-17(24-16)18(22)12(2)3/h5-10,12,15,21H,4,11H2,1-3H3,(H,20,23)/t15-/m1/s1. The number of carbonyl (C=O) groups is 2. The molecule has 0 fully saturated rings. The zero-order valence-electron chi connectivity index (χ0n) is 14.2. The van der Waals surface area contributed by atoms with Crippen molar-refractivity contribution in [3.63, 3.8) is 0 Å². The van der Waals surface area contributed by atoms with Crippen LogP contribution in [0.4, 0.5) is 0 Å². The molecule has 0 spiro atoms. The van der Waals surface area contributed by atoms with E-state index in [0.29, 0.717) is 12.0 Å². The average molecular weight is 345 g/mol. The van der Waals surface area contributed by atoms with E-state index in [2.05, 4.69) is 5.32 Å². The third-order valence-electron chi connectivity index (χ3n) is 3.85. The van der Waals surface area contributed by atoms with Gasteiger partial charge in [0.05, 0.1) is 17.5 Å². The van der Waals surface area contributed by atoms with Crippen molar-refractivity contribution in [1.82, 2.24) is 5.32 Å². The Balaban J connectivity index is 2.12. The first kappa shape index (κ1) is 18.4. The van der Waals surface area contributed by atoms with Crippen molar-refractivity contribution in [1.29, 1.82) is 0 Å². The van der Waals surface area contributed by atoms with Gasteiger partial charge in [-0.3, -0.25) is 9.59 Å². The van der Waals surface area contributed by atoms with Crippen LogP contribution in [0, 0.1) is 5.92 Å². The molecule has 4 nitrogen and oxygen atoms in total. The van der Waals surface area contributed by atoms with E-state index < -0.39 is 0 Å². The minimum atomic E-state index is -0.223. The van der Waals surface area contributed by atoms with E-state index in [4.69, 9.17) is 5.11 Å². The highest BCUT2D eigenvalue weighted by Gasteiger charge is 2.14. The summed E-state index contributed by atoms with van der Waals surface area (Å²) in [7, 11) is 0. The number of aliphatic hydroxyl groups excluding tert-OH is 1. The van der Waals surface area contributed by atoms with Crippen molar-refractivity contribution >= 4 is 23.0 Å². The number of ketones is 1. The highest BCUT2D eigenvalue weighted by molar-refractivity contribution is 7.17. The number of amides is 1. The summed E-state index contributed by atoms with van der Waals surface area (Å²) in [4.78, 5) is 25.9. The van der Waals surface area contributed by atoms with Crippen LogP contribution in [0.2, 0.25) is 0 Å². The maximum absolute atomic E-state index is 12.1. The fraction of sp³-hybridized carbons (Fsp3) is 0.368. The van der Waals surface area contributed by atoms with Crippen LogP contribution in [0.1, 0.15) is 47.2 Å². The lowest BCUT2D eigenvalue weighted by Crippen LogP contribution is -2.36. The largest absolute Gasteiger partial charge is 0.394 e. The first-order chi connectivity index (χ1) is 11.5. The second-order valence-electron chi connectivity index (χ2n) is 6.02. The normalized spacial score (nSPS) is 12.2. The molecule has 2 aromatic rings. The molecule has 0 aliphatic heterocycles. The Hall–Kier alpha value is -1.98. The van der Waals surface area contributed by atoms with Gasteiger partial charge >= 0.3 is 0 Å². The average Bonchev–Trinajstić information content (AvgIpc) is 3.08. The molecule has 128 valence electrons. The molecule has 24 heavy (non-hydrogen) atoms. The van der Waals surface area contributed by atoms with Crippen molar-refractivity contribution < 1.29 is 14.7 Å². The van der Waals surface area contributed by atoms with Crippen LogP contribution in [0.5, 0.6) is 0 Å². The Morgan fingerprint density at radius 1 is 1.12 bits per heavy atom. The maximum Gasteiger partial charge on any atom is 0.251 e. The Morgan fingerprint density at radius 3 is 2.33 bits per heavy atom. The zero-order valence-corrected chi connectivity index (χ0v) is 15.0. The number of thiophene rings is 1. The van der Waals surface area contributed by atoms with Crippen molar-refractivity contribution in [3.05, 3.63) is 46.8 Å². The predicted molar refractivity (Wildman–Crippen MR) is 97.6 cm³/mol. The fourth-order valence-electron chi connectivity index (χ4n) is 2.24. The molecule has 2 N–H and O–H groups in total. The molecular formula is C19H23NO3S. The SMILES string of the molecule is CC[C@H](CO)NC(=O)c1ccc(-c2ccc(C(=O)C(C)C)s2)cc1. The van der Waals surface area contributed by atoms with Crippen molar-refractivity contribution in [2.75, 3.05) is 6.61 Å². The summed E-state index contributed by atoms with van der Waals surface area (Å²) in [6, 6.07) is 10.9. The monoisotopic (exact) mass is 345 g/mol. The second-order valence-corrected chi connectivity index (χ2v) is 7.11. The molecule has 0 saturated carbocycles. The number of hydrogen-bond donors (Lipinski definition) is 2. The second kappa shape index (κ2) is 8.22. The van der Waals surface area contributed by atoms with Crippen LogP contribution in [0.15, 0.2) is 36.4 Å². The number of carbonyl (C=O) groups excluding carboxylic acids is 2. The van der Waals surface area contributed by atoms with Crippen LogP contribution in [-0.4, -0.2) is 29.4 Å². The van der Waals surface area contributed by atoms with Crippen molar-refractivity contribution in [2.24, 2.45) is 5.92 Å². The van der Waals surface area contributed by atoms with Gasteiger partial charge in [0.25, 0.3) is 5.91 Å². The lowest BCUT2D eigenvalue weighted by molar-refractivity contribution is 0.0913. The Bertz CT molecular complexity index is 700. The summed E-state index contributed by atoms with van der Waals surface area (Å²) in [6.07, 6.45) is 0.683. The topological polar surface area (TPSA) is 66.4 Å². The fourth-order valence-corrected chi connectivity index (χ4v) is 3.34. The van der Waals surface area contributed by atoms with Gasteiger partial charge in [-0.15, -0.1) is 11.3 Å². The summed E-state index contributed by atoms with van der Waals surface area (Å²) in [5.41, 5.74) is 1.54. The van der Waals surface area contributed by atoms with E-state index >= 15 is 0 Å². The molecule has 1 atom stereocenters. The van der Waals surface area contributed by atoms with Gasteiger partial charge in [-0.1, -0.05) is 32.9 Å². The van der Waals surface area contributed by atoms with Gasteiger partial charge in [0.2, 0.25) is 0 Å². The van der Waals surface area contributed by atoms with Gasteiger partial charge in [-0.25, -0.2) is 0 Å². The van der Waals surface area contributed by atoms with Crippen LogP contribution >= 0.6 is 11.3 Å². The van der Waals surface area contributed by atoms with E-state index in [9.17, 15) is 9.59 Å². The highest BCUT2D eigenvalue weighted by Crippen LogP contribution is 2.29. The number of hydrogen-bond acceptors (Lipinski definition) is 4.